The Morgan fingerprint density at radius 3 is 2.57 bits per heavy atom. The number of rotatable bonds is 5. The lowest BCUT2D eigenvalue weighted by atomic mass is 9.97. The minimum atomic E-state index is -0.238. The first-order valence-corrected chi connectivity index (χ1v) is 7.27. The summed E-state index contributed by atoms with van der Waals surface area (Å²) in [5.74, 6) is 0.465. The van der Waals surface area contributed by atoms with Crippen LogP contribution in [0.25, 0.3) is 0 Å². The molecule has 0 bridgehead atoms. The van der Waals surface area contributed by atoms with Crippen molar-refractivity contribution in [2.75, 3.05) is 13.7 Å². The van der Waals surface area contributed by atoms with E-state index < -0.39 is 0 Å². The molecule has 112 valence electrons. The normalized spacial score (nSPS) is 12.2. The molecule has 2 aromatic carbocycles. The van der Waals surface area contributed by atoms with Crippen LogP contribution in [0.5, 0.6) is 5.75 Å². The average molecular weight is 308 g/mol. The van der Waals surface area contributed by atoms with Gasteiger partial charge in [0.1, 0.15) is 11.6 Å². The van der Waals surface area contributed by atoms with E-state index in [0.29, 0.717) is 10.8 Å². The van der Waals surface area contributed by atoms with Crippen molar-refractivity contribution in [1.82, 2.24) is 5.32 Å². The van der Waals surface area contributed by atoms with E-state index >= 15 is 0 Å². The molecule has 2 aromatic rings. The first-order chi connectivity index (χ1) is 10.0. The fourth-order valence-electron chi connectivity index (χ4n) is 2.41. The molecule has 1 unspecified atom stereocenters. The Hall–Kier alpha value is -1.58. The van der Waals surface area contributed by atoms with Crippen LogP contribution in [0, 0.1) is 12.7 Å². The summed E-state index contributed by atoms with van der Waals surface area (Å²) in [7, 11) is 1.60. The maximum atomic E-state index is 13.7. The van der Waals surface area contributed by atoms with Gasteiger partial charge in [-0.15, -0.1) is 0 Å². The Balaban J connectivity index is 2.47. The molecule has 0 heterocycles. The van der Waals surface area contributed by atoms with Gasteiger partial charge in [0.15, 0.2) is 0 Å². The average Bonchev–Trinajstić information content (AvgIpc) is 2.44. The molecule has 0 aliphatic rings. The molecule has 0 spiro atoms. The van der Waals surface area contributed by atoms with Crippen LogP contribution in [-0.2, 0) is 0 Å². The Morgan fingerprint density at radius 2 is 2.00 bits per heavy atom. The van der Waals surface area contributed by atoms with E-state index in [-0.39, 0.29) is 11.9 Å². The largest absolute Gasteiger partial charge is 0.497 e. The van der Waals surface area contributed by atoms with E-state index in [1.165, 1.54) is 6.07 Å². The summed E-state index contributed by atoms with van der Waals surface area (Å²) in [4.78, 5) is 0. The molecule has 0 radical (unpaired) electrons. The number of halogens is 2. The van der Waals surface area contributed by atoms with Gasteiger partial charge in [-0.25, -0.2) is 4.39 Å². The Labute approximate surface area is 129 Å². The molecule has 0 saturated carbocycles. The molecule has 0 saturated heterocycles. The Morgan fingerprint density at radius 1 is 1.24 bits per heavy atom. The van der Waals surface area contributed by atoms with Crippen molar-refractivity contribution in [2.24, 2.45) is 0 Å². The smallest absolute Gasteiger partial charge is 0.123 e. The first kappa shape index (κ1) is 15.8. The van der Waals surface area contributed by atoms with Crippen LogP contribution in [0.1, 0.15) is 29.7 Å². The van der Waals surface area contributed by atoms with E-state index in [2.05, 4.69) is 5.32 Å². The van der Waals surface area contributed by atoms with Crippen molar-refractivity contribution in [3.8, 4) is 5.75 Å². The fourth-order valence-corrected chi connectivity index (χ4v) is 2.69. The van der Waals surface area contributed by atoms with Gasteiger partial charge in [-0.2, -0.15) is 0 Å². The summed E-state index contributed by atoms with van der Waals surface area (Å²) < 4.78 is 18.9. The van der Waals surface area contributed by atoms with Crippen LogP contribution in [-0.4, -0.2) is 13.7 Å². The zero-order valence-corrected chi connectivity index (χ0v) is 13.2. The third-order valence-corrected chi connectivity index (χ3v) is 3.65. The first-order valence-electron chi connectivity index (χ1n) is 6.89. The van der Waals surface area contributed by atoms with E-state index in [1.807, 2.05) is 32.0 Å². The predicted octanol–water partition coefficient (Wildman–Crippen LogP) is 4.50. The highest BCUT2D eigenvalue weighted by atomic mass is 35.5. The van der Waals surface area contributed by atoms with Crippen LogP contribution in [0.3, 0.4) is 0 Å². The van der Waals surface area contributed by atoms with Crippen LogP contribution in [0.2, 0.25) is 5.02 Å². The van der Waals surface area contributed by atoms with Crippen molar-refractivity contribution in [2.45, 2.75) is 19.9 Å². The molecule has 0 amide bonds. The second-order valence-electron chi connectivity index (χ2n) is 4.94. The minimum Gasteiger partial charge on any atom is -0.497 e. The lowest BCUT2D eigenvalue weighted by molar-refractivity contribution is 0.414. The number of hydrogen-bond donors (Lipinski definition) is 1. The second kappa shape index (κ2) is 6.92. The van der Waals surface area contributed by atoms with Gasteiger partial charge in [-0.05, 0) is 54.4 Å². The molecule has 0 fully saturated rings. The zero-order chi connectivity index (χ0) is 15.4. The number of methoxy groups -OCH3 is 1. The Bertz CT molecular complexity index is 610. The molecular weight excluding hydrogens is 289 g/mol. The summed E-state index contributed by atoms with van der Waals surface area (Å²) in [6, 6.07) is 10.4. The molecule has 2 nitrogen and oxygen atoms in total. The summed E-state index contributed by atoms with van der Waals surface area (Å²) >= 11 is 6.35. The lowest BCUT2D eigenvalue weighted by Crippen LogP contribution is -2.22. The van der Waals surface area contributed by atoms with Gasteiger partial charge in [0.05, 0.1) is 13.2 Å². The maximum Gasteiger partial charge on any atom is 0.123 e. The SMILES string of the molecule is CCNC(c1cc(C)cc(F)c1)c1ccc(OC)cc1Cl. The van der Waals surface area contributed by atoms with Gasteiger partial charge in [0, 0.05) is 5.02 Å². The Kier molecular flexibility index (Phi) is 5.21. The van der Waals surface area contributed by atoms with Gasteiger partial charge >= 0.3 is 0 Å². The van der Waals surface area contributed by atoms with E-state index in [9.17, 15) is 4.39 Å². The van der Waals surface area contributed by atoms with E-state index in [1.54, 1.807) is 19.2 Å². The highest BCUT2D eigenvalue weighted by Gasteiger charge is 2.17. The van der Waals surface area contributed by atoms with Crippen LogP contribution >= 0.6 is 11.6 Å². The standard InChI is InChI=1S/C17H19ClFNO/c1-4-20-17(12-7-11(2)8-13(19)9-12)15-6-5-14(21-3)10-16(15)18/h5-10,17,20H,4H2,1-3H3. The van der Waals surface area contributed by atoms with Crippen LogP contribution in [0.15, 0.2) is 36.4 Å². The number of nitrogens with one attached hydrogen (secondary N) is 1. The number of benzene rings is 2. The molecule has 2 rings (SSSR count). The van der Waals surface area contributed by atoms with E-state index in [4.69, 9.17) is 16.3 Å². The van der Waals surface area contributed by atoms with Crippen molar-refractivity contribution in [3.05, 3.63) is 63.9 Å². The molecule has 0 aromatic heterocycles. The second-order valence-corrected chi connectivity index (χ2v) is 5.35. The molecule has 0 aliphatic carbocycles. The predicted molar refractivity (Wildman–Crippen MR) is 84.7 cm³/mol. The van der Waals surface area contributed by atoms with Crippen molar-refractivity contribution >= 4 is 11.6 Å². The zero-order valence-electron chi connectivity index (χ0n) is 12.4. The molecule has 21 heavy (non-hydrogen) atoms. The summed E-state index contributed by atoms with van der Waals surface area (Å²) in [6.45, 7) is 4.64. The monoisotopic (exact) mass is 307 g/mol. The summed E-state index contributed by atoms with van der Waals surface area (Å²) in [5.41, 5.74) is 2.66. The van der Waals surface area contributed by atoms with Gasteiger partial charge in [-0.1, -0.05) is 30.7 Å². The third-order valence-electron chi connectivity index (χ3n) is 3.32. The van der Waals surface area contributed by atoms with Crippen molar-refractivity contribution < 1.29 is 9.13 Å². The molecule has 0 aliphatic heterocycles. The van der Waals surface area contributed by atoms with Crippen LogP contribution in [0.4, 0.5) is 4.39 Å². The van der Waals surface area contributed by atoms with Crippen molar-refractivity contribution in [3.63, 3.8) is 0 Å². The third kappa shape index (κ3) is 3.74. The van der Waals surface area contributed by atoms with Gasteiger partial charge in [0.25, 0.3) is 0 Å². The fraction of sp³-hybridized carbons (Fsp3) is 0.294. The summed E-state index contributed by atoms with van der Waals surface area (Å²) in [6.07, 6.45) is 0. The number of aryl methyl sites for hydroxylation is 1. The minimum absolute atomic E-state index is 0.150. The highest BCUT2D eigenvalue weighted by Crippen LogP contribution is 2.31. The van der Waals surface area contributed by atoms with E-state index in [0.717, 1.165) is 23.2 Å². The molecule has 4 heteroatoms. The molecule has 1 N–H and O–H groups in total. The quantitative estimate of drug-likeness (QED) is 0.878. The van der Waals surface area contributed by atoms with Gasteiger partial charge < -0.3 is 10.1 Å². The molecular formula is C17H19ClFNO. The number of ether oxygens (including phenoxy) is 1. The van der Waals surface area contributed by atoms with Crippen molar-refractivity contribution in [1.29, 1.82) is 0 Å². The topological polar surface area (TPSA) is 21.3 Å². The van der Waals surface area contributed by atoms with Crippen LogP contribution < -0.4 is 10.1 Å². The van der Waals surface area contributed by atoms with Gasteiger partial charge in [0.2, 0.25) is 0 Å². The van der Waals surface area contributed by atoms with Gasteiger partial charge in [-0.3, -0.25) is 0 Å². The highest BCUT2D eigenvalue weighted by molar-refractivity contribution is 6.31. The lowest BCUT2D eigenvalue weighted by Gasteiger charge is -2.21. The maximum absolute atomic E-state index is 13.7. The molecule has 1 atom stereocenters. The summed E-state index contributed by atoms with van der Waals surface area (Å²) in [5, 5.41) is 3.96. The number of hydrogen-bond acceptors (Lipinski definition) is 2.